The molecule has 1 aromatic carbocycles. The summed E-state index contributed by atoms with van der Waals surface area (Å²) in [5.41, 5.74) is 1.19. The highest BCUT2D eigenvalue weighted by atomic mass is 19.1. The van der Waals surface area contributed by atoms with Crippen molar-refractivity contribution < 1.29 is 9.50 Å². The lowest BCUT2D eigenvalue weighted by Crippen LogP contribution is -2.26. The number of aromatic hydroxyl groups is 1. The monoisotopic (exact) mass is 209 g/mol. The van der Waals surface area contributed by atoms with Crippen LogP contribution in [0, 0.1) is 12.7 Å². The molecule has 2 N–H and O–H groups in total. The Bertz CT molecular complexity index is 359. The molecule has 1 saturated heterocycles. The predicted octanol–water partition coefficient (Wildman–Crippen LogP) is 2.65. The van der Waals surface area contributed by atoms with Crippen LogP contribution in [0.2, 0.25) is 0 Å². The molecule has 1 aliphatic rings. The van der Waals surface area contributed by atoms with Gasteiger partial charge in [0.05, 0.1) is 0 Å². The molecule has 0 bridgehead atoms. The maximum Gasteiger partial charge on any atom is 0.168 e. The summed E-state index contributed by atoms with van der Waals surface area (Å²) in [4.78, 5) is 0. The van der Waals surface area contributed by atoms with Crippen molar-refractivity contribution in [1.82, 2.24) is 5.32 Å². The molecule has 0 aromatic heterocycles. The third kappa shape index (κ3) is 1.97. The Morgan fingerprint density at radius 3 is 2.87 bits per heavy atom. The quantitative estimate of drug-likeness (QED) is 0.745. The molecule has 1 aromatic rings. The van der Waals surface area contributed by atoms with Crippen LogP contribution in [0.4, 0.5) is 4.39 Å². The molecule has 3 heteroatoms. The van der Waals surface area contributed by atoms with Crippen molar-refractivity contribution in [1.29, 1.82) is 0 Å². The molecule has 0 spiro atoms. The van der Waals surface area contributed by atoms with E-state index in [1.165, 1.54) is 0 Å². The lowest BCUT2D eigenvalue weighted by Gasteiger charge is -2.24. The minimum Gasteiger partial charge on any atom is -0.505 e. The lowest BCUT2D eigenvalue weighted by atomic mass is 9.96. The van der Waals surface area contributed by atoms with Crippen molar-refractivity contribution >= 4 is 0 Å². The van der Waals surface area contributed by atoms with Gasteiger partial charge in [-0.25, -0.2) is 4.39 Å². The summed E-state index contributed by atoms with van der Waals surface area (Å²) in [5.74, 6) is -0.672. The van der Waals surface area contributed by atoms with Gasteiger partial charge in [0.1, 0.15) is 0 Å². The molecular weight excluding hydrogens is 193 g/mol. The van der Waals surface area contributed by atoms with E-state index in [4.69, 9.17) is 0 Å². The van der Waals surface area contributed by atoms with E-state index in [0.717, 1.165) is 25.8 Å². The van der Waals surface area contributed by atoms with Crippen LogP contribution in [0.5, 0.6) is 5.75 Å². The first-order valence-corrected chi connectivity index (χ1v) is 5.41. The molecule has 1 fully saturated rings. The third-order valence-electron chi connectivity index (χ3n) is 3.03. The Kier molecular flexibility index (Phi) is 2.91. The van der Waals surface area contributed by atoms with Crippen molar-refractivity contribution in [2.75, 3.05) is 6.54 Å². The van der Waals surface area contributed by atoms with Crippen LogP contribution in [0.1, 0.15) is 36.4 Å². The fourth-order valence-electron chi connectivity index (χ4n) is 2.08. The molecule has 1 aliphatic heterocycles. The van der Waals surface area contributed by atoms with E-state index < -0.39 is 5.82 Å². The van der Waals surface area contributed by atoms with Gasteiger partial charge in [0.25, 0.3) is 0 Å². The highest BCUT2D eigenvalue weighted by molar-refractivity contribution is 5.40. The Labute approximate surface area is 89.1 Å². The third-order valence-corrected chi connectivity index (χ3v) is 3.03. The Morgan fingerprint density at radius 2 is 2.20 bits per heavy atom. The number of halogens is 1. The minimum atomic E-state index is -0.486. The molecule has 0 aliphatic carbocycles. The summed E-state index contributed by atoms with van der Waals surface area (Å²) in [5, 5.41) is 13.0. The van der Waals surface area contributed by atoms with Gasteiger partial charge in [0.15, 0.2) is 11.6 Å². The fraction of sp³-hybridized carbons (Fsp3) is 0.500. The van der Waals surface area contributed by atoms with Gasteiger partial charge in [-0.3, -0.25) is 0 Å². The number of rotatable bonds is 1. The van der Waals surface area contributed by atoms with E-state index in [2.05, 4.69) is 5.32 Å². The van der Waals surface area contributed by atoms with Crippen LogP contribution >= 0.6 is 0 Å². The summed E-state index contributed by atoms with van der Waals surface area (Å²) in [6, 6.07) is 3.64. The molecule has 0 radical (unpaired) electrons. The van der Waals surface area contributed by atoms with Crippen molar-refractivity contribution in [2.24, 2.45) is 0 Å². The van der Waals surface area contributed by atoms with Crippen LogP contribution in [0.25, 0.3) is 0 Å². The maximum absolute atomic E-state index is 13.5. The molecule has 82 valence electrons. The molecule has 1 heterocycles. The Balaban J connectivity index is 2.31. The molecule has 1 atom stereocenters. The van der Waals surface area contributed by atoms with E-state index >= 15 is 0 Å². The second kappa shape index (κ2) is 4.19. The van der Waals surface area contributed by atoms with Gasteiger partial charge < -0.3 is 10.4 Å². The van der Waals surface area contributed by atoms with E-state index in [-0.39, 0.29) is 11.8 Å². The SMILES string of the molecule is Cc1ccc(C2CCCCN2)c(O)c1F. The number of aryl methyl sites for hydroxylation is 1. The summed E-state index contributed by atoms with van der Waals surface area (Å²) < 4.78 is 13.5. The first kappa shape index (κ1) is 10.4. The van der Waals surface area contributed by atoms with Gasteiger partial charge in [-0.15, -0.1) is 0 Å². The first-order chi connectivity index (χ1) is 7.20. The molecular formula is C12H16FNO. The topological polar surface area (TPSA) is 32.3 Å². The summed E-state index contributed by atoms with van der Waals surface area (Å²) in [6.45, 7) is 2.60. The van der Waals surface area contributed by atoms with Gasteiger partial charge in [-0.05, 0) is 31.9 Å². The fourth-order valence-corrected chi connectivity index (χ4v) is 2.08. The maximum atomic E-state index is 13.5. The predicted molar refractivity (Wildman–Crippen MR) is 57.4 cm³/mol. The first-order valence-electron chi connectivity index (χ1n) is 5.41. The number of phenolic OH excluding ortho intramolecular Hbond substituents is 1. The molecule has 2 rings (SSSR count). The van der Waals surface area contributed by atoms with Gasteiger partial charge in [-0.2, -0.15) is 0 Å². The number of nitrogens with one attached hydrogen (secondary N) is 1. The number of piperidine rings is 1. The Morgan fingerprint density at radius 1 is 1.40 bits per heavy atom. The standard InChI is InChI=1S/C12H16FNO/c1-8-5-6-9(12(15)11(8)13)10-4-2-3-7-14-10/h5-6,10,14-15H,2-4,7H2,1H3. The van der Waals surface area contributed by atoms with Gasteiger partial charge in [0.2, 0.25) is 0 Å². The zero-order chi connectivity index (χ0) is 10.8. The molecule has 1 unspecified atom stereocenters. The van der Waals surface area contributed by atoms with Crippen molar-refractivity contribution in [2.45, 2.75) is 32.2 Å². The van der Waals surface area contributed by atoms with Crippen LogP contribution in [-0.4, -0.2) is 11.7 Å². The largest absolute Gasteiger partial charge is 0.505 e. The van der Waals surface area contributed by atoms with Crippen LogP contribution in [-0.2, 0) is 0 Å². The van der Waals surface area contributed by atoms with Crippen molar-refractivity contribution in [3.63, 3.8) is 0 Å². The van der Waals surface area contributed by atoms with Crippen LogP contribution < -0.4 is 5.32 Å². The second-order valence-electron chi connectivity index (χ2n) is 4.14. The van der Waals surface area contributed by atoms with Gasteiger partial charge >= 0.3 is 0 Å². The van der Waals surface area contributed by atoms with E-state index in [1.807, 2.05) is 6.07 Å². The smallest absolute Gasteiger partial charge is 0.168 e. The zero-order valence-corrected chi connectivity index (χ0v) is 8.89. The average Bonchev–Trinajstić information content (AvgIpc) is 2.27. The number of hydrogen-bond donors (Lipinski definition) is 2. The van der Waals surface area contributed by atoms with Gasteiger partial charge in [-0.1, -0.05) is 18.6 Å². The lowest BCUT2D eigenvalue weighted by molar-refractivity contribution is 0.376. The summed E-state index contributed by atoms with van der Waals surface area (Å²) in [6.07, 6.45) is 3.26. The molecule has 15 heavy (non-hydrogen) atoms. The van der Waals surface area contributed by atoms with Crippen LogP contribution in [0.15, 0.2) is 12.1 Å². The Hall–Kier alpha value is -1.09. The van der Waals surface area contributed by atoms with Gasteiger partial charge in [0, 0.05) is 11.6 Å². The second-order valence-corrected chi connectivity index (χ2v) is 4.14. The summed E-state index contributed by atoms with van der Waals surface area (Å²) >= 11 is 0. The molecule has 0 saturated carbocycles. The highest BCUT2D eigenvalue weighted by Gasteiger charge is 2.20. The molecule has 0 amide bonds. The van der Waals surface area contributed by atoms with Crippen LogP contribution in [0.3, 0.4) is 0 Å². The normalized spacial score (nSPS) is 21.6. The number of phenols is 1. The van der Waals surface area contributed by atoms with E-state index in [0.29, 0.717) is 11.1 Å². The minimum absolute atomic E-state index is 0.105. The van der Waals surface area contributed by atoms with Crippen molar-refractivity contribution in [3.8, 4) is 5.75 Å². The van der Waals surface area contributed by atoms with Crippen molar-refractivity contribution in [3.05, 3.63) is 29.1 Å². The summed E-state index contributed by atoms with van der Waals surface area (Å²) in [7, 11) is 0. The highest BCUT2D eigenvalue weighted by Crippen LogP contribution is 2.32. The number of benzene rings is 1. The molecule has 2 nitrogen and oxygen atoms in total. The zero-order valence-electron chi connectivity index (χ0n) is 8.89. The van der Waals surface area contributed by atoms with E-state index in [1.54, 1.807) is 13.0 Å². The number of hydrogen-bond acceptors (Lipinski definition) is 2. The van der Waals surface area contributed by atoms with E-state index in [9.17, 15) is 9.50 Å². The average molecular weight is 209 g/mol.